The van der Waals surface area contributed by atoms with E-state index < -0.39 is 5.97 Å². The maximum atomic E-state index is 11.5. The van der Waals surface area contributed by atoms with Crippen LogP contribution < -0.4 is 0 Å². The van der Waals surface area contributed by atoms with Crippen molar-refractivity contribution in [2.24, 2.45) is 10.1 Å². The Morgan fingerprint density at radius 3 is 3.12 bits per heavy atom. The largest absolute Gasteiger partial charge is 0.461 e. The Labute approximate surface area is 94.5 Å². The maximum Gasteiger partial charge on any atom is 0.356 e. The van der Waals surface area contributed by atoms with E-state index >= 15 is 0 Å². The topological polar surface area (TPSA) is 60.2 Å². The van der Waals surface area contributed by atoms with Crippen molar-refractivity contribution in [2.75, 3.05) is 6.61 Å². The average molecular weight is 224 g/mol. The molecule has 0 aromatic carbocycles. The monoisotopic (exact) mass is 224 g/mol. The zero-order valence-corrected chi connectivity index (χ0v) is 9.82. The number of nitrogens with zero attached hydrogens (tertiary/aromatic N) is 2. The van der Waals surface area contributed by atoms with E-state index in [0.717, 1.165) is 12.1 Å². The molecule has 16 heavy (non-hydrogen) atoms. The lowest BCUT2D eigenvalue weighted by molar-refractivity contribution is -0.136. The smallest absolute Gasteiger partial charge is 0.356 e. The van der Waals surface area contributed by atoms with Gasteiger partial charge in [-0.05, 0) is 20.8 Å². The number of hydrogen-bond acceptors (Lipinski definition) is 5. The summed E-state index contributed by atoms with van der Waals surface area (Å²) in [5.74, 6) is -0.401. The van der Waals surface area contributed by atoms with Gasteiger partial charge >= 0.3 is 5.97 Å². The molecule has 0 aromatic rings. The minimum Gasteiger partial charge on any atom is -0.461 e. The summed E-state index contributed by atoms with van der Waals surface area (Å²) in [7, 11) is 0. The van der Waals surface area contributed by atoms with Crippen LogP contribution in [-0.2, 0) is 14.4 Å². The first-order chi connectivity index (χ1) is 7.55. The minimum absolute atomic E-state index is 0.0364. The molecule has 0 N–H and O–H groups in total. The minimum atomic E-state index is -0.401. The van der Waals surface area contributed by atoms with Crippen LogP contribution in [0.5, 0.6) is 0 Å². The fourth-order valence-corrected chi connectivity index (χ4v) is 2.17. The van der Waals surface area contributed by atoms with E-state index in [9.17, 15) is 4.79 Å². The highest BCUT2D eigenvalue weighted by Crippen LogP contribution is 2.35. The second kappa shape index (κ2) is 3.88. The van der Waals surface area contributed by atoms with Crippen LogP contribution in [0.15, 0.2) is 10.1 Å². The van der Waals surface area contributed by atoms with Crippen LogP contribution in [0.2, 0.25) is 0 Å². The van der Waals surface area contributed by atoms with Gasteiger partial charge in [0.15, 0.2) is 11.8 Å². The fourth-order valence-electron chi connectivity index (χ4n) is 2.17. The molecule has 0 saturated carbocycles. The Morgan fingerprint density at radius 1 is 1.69 bits per heavy atom. The summed E-state index contributed by atoms with van der Waals surface area (Å²) in [5.41, 5.74) is 1.03. The molecule has 2 aliphatic heterocycles. The van der Waals surface area contributed by atoms with Gasteiger partial charge in [0.1, 0.15) is 5.54 Å². The summed E-state index contributed by atoms with van der Waals surface area (Å²) < 4.78 is 4.90. The number of oxime groups is 1. The number of aliphatic imine (C=N–C) groups is 1. The van der Waals surface area contributed by atoms with Crippen molar-refractivity contribution in [1.29, 1.82) is 0 Å². The lowest BCUT2D eigenvalue weighted by atomic mass is 9.89. The number of carbonyl (C=O) groups is 1. The molecule has 0 bridgehead atoms. The third-order valence-electron chi connectivity index (χ3n) is 2.95. The van der Waals surface area contributed by atoms with Gasteiger partial charge in [-0.25, -0.2) is 4.79 Å². The van der Waals surface area contributed by atoms with Gasteiger partial charge < -0.3 is 9.57 Å². The fraction of sp³-hybridized carbons (Fsp3) is 0.727. The van der Waals surface area contributed by atoms with Crippen molar-refractivity contribution >= 4 is 17.4 Å². The third-order valence-corrected chi connectivity index (χ3v) is 2.95. The Morgan fingerprint density at radius 2 is 2.44 bits per heavy atom. The van der Waals surface area contributed by atoms with E-state index in [1.165, 1.54) is 0 Å². The number of hydrogen-bond donors (Lipinski definition) is 0. The molecule has 0 fully saturated rings. The molecule has 2 unspecified atom stereocenters. The van der Waals surface area contributed by atoms with Crippen molar-refractivity contribution in [1.82, 2.24) is 0 Å². The molecule has 2 rings (SSSR count). The lowest BCUT2D eigenvalue weighted by Gasteiger charge is -2.31. The normalized spacial score (nSPS) is 32.3. The molecule has 2 heterocycles. The van der Waals surface area contributed by atoms with Crippen LogP contribution in [-0.4, -0.2) is 35.6 Å². The SMILES string of the molecule is CCOC(=O)C1=NOC2CC(C)=NC2(C)C1. The van der Waals surface area contributed by atoms with E-state index in [1.54, 1.807) is 6.92 Å². The number of fused-ring (bicyclic) bond motifs is 1. The molecule has 0 amide bonds. The summed E-state index contributed by atoms with van der Waals surface area (Å²) in [5, 5.41) is 3.84. The van der Waals surface area contributed by atoms with Gasteiger partial charge in [-0.1, -0.05) is 5.16 Å². The third kappa shape index (κ3) is 1.81. The average Bonchev–Trinajstić information content (AvgIpc) is 2.51. The van der Waals surface area contributed by atoms with E-state index in [4.69, 9.17) is 9.57 Å². The maximum absolute atomic E-state index is 11.5. The van der Waals surface area contributed by atoms with Crippen molar-refractivity contribution in [3.63, 3.8) is 0 Å². The molecule has 0 radical (unpaired) electrons. The van der Waals surface area contributed by atoms with Gasteiger partial charge in [0.2, 0.25) is 0 Å². The van der Waals surface area contributed by atoms with E-state index in [1.807, 2.05) is 13.8 Å². The number of rotatable bonds is 2. The van der Waals surface area contributed by atoms with E-state index in [-0.39, 0.29) is 11.6 Å². The molecular formula is C11H16N2O3. The van der Waals surface area contributed by atoms with Crippen molar-refractivity contribution in [3.8, 4) is 0 Å². The summed E-state index contributed by atoms with van der Waals surface area (Å²) >= 11 is 0. The van der Waals surface area contributed by atoms with Crippen LogP contribution in [0.3, 0.4) is 0 Å². The standard InChI is InChI=1S/C11H16N2O3/c1-4-15-10(14)8-6-11(3)9(16-13-8)5-7(2)12-11/h9H,4-6H2,1-3H3. The predicted molar refractivity (Wildman–Crippen MR) is 59.7 cm³/mol. The van der Waals surface area contributed by atoms with E-state index in [2.05, 4.69) is 10.1 Å². The molecule has 0 spiro atoms. The van der Waals surface area contributed by atoms with Crippen molar-refractivity contribution < 1.29 is 14.4 Å². The van der Waals surface area contributed by atoms with Crippen LogP contribution in [0.25, 0.3) is 0 Å². The molecule has 2 atom stereocenters. The van der Waals surface area contributed by atoms with Gasteiger partial charge in [0, 0.05) is 18.6 Å². The Balaban J connectivity index is 2.14. The van der Waals surface area contributed by atoms with Gasteiger partial charge in [-0.2, -0.15) is 0 Å². The molecule has 0 saturated heterocycles. The van der Waals surface area contributed by atoms with Gasteiger partial charge in [-0.15, -0.1) is 0 Å². The van der Waals surface area contributed by atoms with Gasteiger partial charge in [-0.3, -0.25) is 4.99 Å². The quantitative estimate of drug-likeness (QED) is 0.664. The zero-order valence-electron chi connectivity index (χ0n) is 9.82. The highest BCUT2D eigenvalue weighted by atomic mass is 16.6. The Hall–Kier alpha value is -1.39. The summed E-state index contributed by atoms with van der Waals surface area (Å²) in [4.78, 5) is 21.4. The van der Waals surface area contributed by atoms with Gasteiger partial charge in [0.05, 0.1) is 6.61 Å². The Kier molecular flexibility index (Phi) is 2.69. The van der Waals surface area contributed by atoms with Crippen LogP contribution in [0.1, 0.15) is 33.6 Å². The summed E-state index contributed by atoms with van der Waals surface area (Å²) in [6.45, 7) is 6.07. The number of esters is 1. The number of carbonyl (C=O) groups excluding carboxylic acids is 1. The second-order valence-corrected chi connectivity index (χ2v) is 4.44. The van der Waals surface area contributed by atoms with Crippen molar-refractivity contribution in [3.05, 3.63) is 0 Å². The summed E-state index contributed by atoms with van der Waals surface area (Å²) in [6.07, 6.45) is 1.25. The first kappa shape index (κ1) is 11.1. The molecule has 2 aliphatic rings. The lowest BCUT2D eigenvalue weighted by Crippen LogP contribution is -2.43. The second-order valence-electron chi connectivity index (χ2n) is 4.44. The highest BCUT2D eigenvalue weighted by molar-refractivity contribution is 6.36. The molecule has 5 heteroatoms. The predicted octanol–water partition coefficient (Wildman–Crippen LogP) is 1.32. The Bertz CT molecular complexity index is 375. The first-order valence-corrected chi connectivity index (χ1v) is 5.50. The summed E-state index contributed by atoms with van der Waals surface area (Å²) in [6, 6.07) is 0. The molecule has 0 aromatic heterocycles. The van der Waals surface area contributed by atoms with Gasteiger partial charge in [0.25, 0.3) is 0 Å². The molecule has 5 nitrogen and oxygen atoms in total. The molecule has 0 aliphatic carbocycles. The van der Waals surface area contributed by atoms with Crippen LogP contribution in [0.4, 0.5) is 0 Å². The zero-order chi connectivity index (χ0) is 11.8. The molecule has 88 valence electrons. The molecular weight excluding hydrogens is 208 g/mol. The number of ether oxygens (including phenoxy) is 1. The highest BCUT2D eigenvalue weighted by Gasteiger charge is 2.46. The van der Waals surface area contributed by atoms with Crippen molar-refractivity contribution in [2.45, 2.75) is 45.3 Å². The first-order valence-electron chi connectivity index (χ1n) is 5.50. The van der Waals surface area contributed by atoms with Crippen LogP contribution >= 0.6 is 0 Å². The van der Waals surface area contributed by atoms with E-state index in [0.29, 0.717) is 18.7 Å². The van der Waals surface area contributed by atoms with Crippen LogP contribution in [0, 0.1) is 0 Å².